The Balaban J connectivity index is 2.28. The van der Waals surface area contributed by atoms with Gasteiger partial charge in [-0.15, -0.1) is 0 Å². The first-order chi connectivity index (χ1) is 7.88. The van der Waals surface area contributed by atoms with Crippen molar-refractivity contribution in [2.24, 2.45) is 5.14 Å². The Morgan fingerprint density at radius 3 is 2.76 bits per heavy atom. The summed E-state index contributed by atoms with van der Waals surface area (Å²) in [4.78, 5) is 17.1. The fourth-order valence-electron chi connectivity index (χ4n) is 1.66. The van der Waals surface area contributed by atoms with Crippen LogP contribution in [0, 0.1) is 3.57 Å². The van der Waals surface area contributed by atoms with Crippen LogP contribution in [0.1, 0.15) is 6.42 Å². The number of anilines is 1. The van der Waals surface area contributed by atoms with Crippen molar-refractivity contribution < 1.29 is 13.2 Å². The third kappa shape index (κ3) is 2.75. The van der Waals surface area contributed by atoms with Crippen LogP contribution in [0.15, 0.2) is 18.3 Å². The van der Waals surface area contributed by atoms with E-state index >= 15 is 0 Å². The Bertz CT molecular complexity index is 560. The topological polar surface area (TPSA) is 93.4 Å². The standard InChI is InChI=1S/C9H10IN3O3S/c10-6-1-2-12-8(3-6)13-5-7(4-9(13)14)17(11,15)16/h1-3,7H,4-5H2,(H2,11,15,16). The first kappa shape index (κ1) is 12.7. The Hall–Kier alpha value is -0.740. The molecule has 2 heterocycles. The molecular formula is C9H10IN3O3S. The second kappa shape index (κ2) is 4.50. The Labute approximate surface area is 112 Å². The van der Waals surface area contributed by atoms with Crippen LogP contribution in [-0.2, 0) is 14.8 Å². The van der Waals surface area contributed by atoms with E-state index < -0.39 is 15.3 Å². The zero-order chi connectivity index (χ0) is 12.6. The summed E-state index contributed by atoms with van der Waals surface area (Å²) >= 11 is 2.10. The van der Waals surface area contributed by atoms with Crippen molar-refractivity contribution in [2.75, 3.05) is 11.4 Å². The van der Waals surface area contributed by atoms with Gasteiger partial charge < -0.3 is 0 Å². The van der Waals surface area contributed by atoms with Crippen LogP contribution in [0.2, 0.25) is 0 Å². The summed E-state index contributed by atoms with van der Waals surface area (Å²) in [6, 6.07) is 3.52. The summed E-state index contributed by atoms with van der Waals surface area (Å²) in [5.41, 5.74) is 0. The molecular weight excluding hydrogens is 357 g/mol. The highest BCUT2D eigenvalue weighted by Crippen LogP contribution is 2.23. The third-order valence-electron chi connectivity index (χ3n) is 2.54. The van der Waals surface area contributed by atoms with E-state index in [0.29, 0.717) is 5.82 Å². The van der Waals surface area contributed by atoms with Gasteiger partial charge in [0.15, 0.2) is 0 Å². The molecule has 1 saturated heterocycles. The summed E-state index contributed by atoms with van der Waals surface area (Å²) in [7, 11) is -3.68. The largest absolute Gasteiger partial charge is 0.295 e. The number of sulfonamides is 1. The molecule has 0 saturated carbocycles. The van der Waals surface area contributed by atoms with Crippen LogP contribution in [0.4, 0.5) is 5.82 Å². The molecule has 6 nitrogen and oxygen atoms in total. The van der Waals surface area contributed by atoms with Crippen molar-refractivity contribution in [3.63, 3.8) is 0 Å². The van der Waals surface area contributed by atoms with Crippen molar-refractivity contribution in [1.29, 1.82) is 0 Å². The van der Waals surface area contributed by atoms with Crippen molar-refractivity contribution in [1.82, 2.24) is 4.98 Å². The minimum absolute atomic E-state index is 0.0742. The van der Waals surface area contributed by atoms with Gasteiger partial charge in [-0.05, 0) is 34.7 Å². The molecule has 0 aliphatic carbocycles. The van der Waals surface area contributed by atoms with E-state index in [1.807, 2.05) is 0 Å². The second-order valence-corrected chi connectivity index (χ2v) is 6.84. The molecule has 1 unspecified atom stereocenters. The number of hydrogen-bond acceptors (Lipinski definition) is 4. The van der Waals surface area contributed by atoms with E-state index in [-0.39, 0.29) is 18.9 Å². The molecule has 8 heteroatoms. The van der Waals surface area contributed by atoms with Gasteiger partial charge in [-0.3, -0.25) is 9.69 Å². The maximum atomic E-state index is 11.7. The van der Waals surface area contributed by atoms with E-state index in [9.17, 15) is 13.2 Å². The van der Waals surface area contributed by atoms with Crippen LogP contribution in [-0.4, -0.2) is 31.1 Å². The lowest BCUT2D eigenvalue weighted by atomic mass is 10.4. The lowest BCUT2D eigenvalue weighted by Crippen LogP contribution is -2.32. The van der Waals surface area contributed by atoms with Gasteiger partial charge in [-0.2, -0.15) is 0 Å². The molecule has 1 aliphatic heterocycles. The molecule has 0 aromatic carbocycles. The molecule has 17 heavy (non-hydrogen) atoms. The van der Waals surface area contributed by atoms with Crippen LogP contribution in [0.5, 0.6) is 0 Å². The predicted octanol–water partition coefficient (Wildman–Crippen LogP) is 0.0800. The van der Waals surface area contributed by atoms with Crippen LogP contribution in [0.25, 0.3) is 0 Å². The van der Waals surface area contributed by atoms with E-state index in [4.69, 9.17) is 5.14 Å². The molecule has 2 N–H and O–H groups in total. The molecule has 1 atom stereocenters. The van der Waals surface area contributed by atoms with Gasteiger partial charge in [0.1, 0.15) is 11.1 Å². The summed E-state index contributed by atoms with van der Waals surface area (Å²) in [5, 5.41) is 4.21. The lowest BCUT2D eigenvalue weighted by molar-refractivity contribution is -0.117. The maximum absolute atomic E-state index is 11.7. The molecule has 0 bridgehead atoms. The Kier molecular flexibility index (Phi) is 3.36. The number of aromatic nitrogens is 1. The van der Waals surface area contributed by atoms with Crippen LogP contribution in [0.3, 0.4) is 0 Å². The monoisotopic (exact) mass is 367 g/mol. The highest BCUT2D eigenvalue weighted by Gasteiger charge is 2.37. The van der Waals surface area contributed by atoms with Crippen LogP contribution >= 0.6 is 22.6 Å². The van der Waals surface area contributed by atoms with Crippen molar-refractivity contribution in [2.45, 2.75) is 11.7 Å². The third-order valence-corrected chi connectivity index (χ3v) is 4.45. The van der Waals surface area contributed by atoms with Gasteiger partial charge in [0.25, 0.3) is 0 Å². The second-order valence-electron chi connectivity index (χ2n) is 3.75. The first-order valence-corrected chi connectivity index (χ1v) is 7.50. The average Bonchev–Trinajstić information content (AvgIpc) is 2.60. The zero-order valence-corrected chi connectivity index (χ0v) is 11.7. The number of rotatable bonds is 2. The number of nitrogens with zero attached hydrogens (tertiary/aromatic N) is 2. The normalized spacial score (nSPS) is 20.9. The number of halogens is 1. The number of carbonyl (C=O) groups is 1. The highest BCUT2D eigenvalue weighted by molar-refractivity contribution is 14.1. The lowest BCUT2D eigenvalue weighted by Gasteiger charge is -2.15. The molecule has 0 spiro atoms. The minimum atomic E-state index is -3.68. The number of nitrogens with two attached hydrogens (primary N) is 1. The van der Waals surface area contributed by atoms with E-state index in [2.05, 4.69) is 27.6 Å². The van der Waals surface area contributed by atoms with Gasteiger partial charge in [0.2, 0.25) is 15.9 Å². The molecule has 1 aromatic rings. The fraction of sp³-hybridized carbons (Fsp3) is 0.333. The Morgan fingerprint density at radius 2 is 2.24 bits per heavy atom. The summed E-state index contributed by atoms with van der Waals surface area (Å²) < 4.78 is 23.3. The van der Waals surface area contributed by atoms with E-state index in [1.54, 1.807) is 18.3 Å². The van der Waals surface area contributed by atoms with Gasteiger partial charge in [0.05, 0.1) is 0 Å². The van der Waals surface area contributed by atoms with Gasteiger partial charge in [-0.25, -0.2) is 18.5 Å². The molecule has 2 rings (SSSR count). The number of pyridine rings is 1. The average molecular weight is 367 g/mol. The van der Waals surface area contributed by atoms with Crippen molar-refractivity contribution >= 4 is 44.3 Å². The SMILES string of the molecule is NS(=O)(=O)C1CC(=O)N(c2cc(I)ccn2)C1. The summed E-state index contributed by atoms with van der Waals surface area (Å²) in [6.07, 6.45) is 1.50. The molecule has 0 radical (unpaired) electrons. The molecule has 1 aliphatic rings. The smallest absolute Gasteiger partial charge is 0.229 e. The maximum Gasteiger partial charge on any atom is 0.229 e. The number of amides is 1. The quantitative estimate of drug-likeness (QED) is 0.750. The summed E-state index contributed by atoms with van der Waals surface area (Å²) in [5.74, 6) is 0.201. The number of primary sulfonamides is 1. The molecule has 1 aromatic heterocycles. The molecule has 1 amide bonds. The van der Waals surface area contributed by atoms with E-state index in [1.165, 1.54) is 4.90 Å². The molecule has 1 fully saturated rings. The van der Waals surface area contributed by atoms with Gasteiger partial charge in [-0.1, -0.05) is 0 Å². The Morgan fingerprint density at radius 1 is 1.53 bits per heavy atom. The summed E-state index contributed by atoms with van der Waals surface area (Å²) in [6.45, 7) is 0.0742. The number of carbonyl (C=O) groups excluding carboxylic acids is 1. The number of hydrogen-bond donors (Lipinski definition) is 1. The van der Waals surface area contributed by atoms with E-state index in [0.717, 1.165) is 3.57 Å². The first-order valence-electron chi connectivity index (χ1n) is 4.81. The highest BCUT2D eigenvalue weighted by atomic mass is 127. The van der Waals surface area contributed by atoms with Gasteiger partial charge in [0, 0.05) is 22.7 Å². The fourth-order valence-corrected chi connectivity index (χ4v) is 2.83. The zero-order valence-electron chi connectivity index (χ0n) is 8.71. The van der Waals surface area contributed by atoms with Crippen molar-refractivity contribution in [3.8, 4) is 0 Å². The minimum Gasteiger partial charge on any atom is -0.295 e. The van der Waals surface area contributed by atoms with Gasteiger partial charge >= 0.3 is 0 Å². The molecule has 92 valence electrons. The van der Waals surface area contributed by atoms with Crippen molar-refractivity contribution in [3.05, 3.63) is 21.9 Å². The van der Waals surface area contributed by atoms with Crippen LogP contribution < -0.4 is 10.0 Å². The predicted molar refractivity (Wildman–Crippen MR) is 70.8 cm³/mol.